The summed E-state index contributed by atoms with van der Waals surface area (Å²) in [5, 5.41) is 16.6. The largest absolute Gasteiger partial charge is 0.338 e. The Labute approximate surface area is 145 Å². The van der Waals surface area contributed by atoms with Crippen LogP contribution in [0.25, 0.3) is 5.69 Å². The van der Waals surface area contributed by atoms with Crippen LogP contribution in [0.15, 0.2) is 43.0 Å². The molecule has 0 bridgehead atoms. The lowest BCUT2D eigenvalue weighted by atomic mass is 10.3. The summed E-state index contributed by atoms with van der Waals surface area (Å²) >= 11 is 0. The Morgan fingerprint density at radius 2 is 2.04 bits per heavy atom. The van der Waals surface area contributed by atoms with Gasteiger partial charge in [0, 0.05) is 31.2 Å². The van der Waals surface area contributed by atoms with Crippen LogP contribution in [0, 0.1) is 6.92 Å². The van der Waals surface area contributed by atoms with Crippen molar-refractivity contribution in [2.75, 3.05) is 11.9 Å². The second-order valence-electron chi connectivity index (χ2n) is 5.56. The SMILES string of the molecule is Cc1nccn1CCCCNC(=O)Nc1ccc(-n2cnnn2)cc1. The number of carbonyl (C=O) groups excluding carboxylic acids is 1. The number of hydrogen-bond donors (Lipinski definition) is 2. The fourth-order valence-electron chi connectivity index (χ4n) is 2.40. The predicted octanol–water partition coefficient (Wildman–Crippen LogP) is 1.77. The quantitative estimate of drug-likeness (QED) is 0.638. The van der Waals surface area contributed by atoms with Crippen LogP contribution in [0.2, 0.25) is 0 Å². The zero-order valence-corrected chi connectivity index (χ0v) is 14.0. The normalized spacial score (nSPS) is 10.6. The van der Waals surface area contributed by atoms with Gasteiger partial charge in [0.2, 0.25) is 0 Å². The van der Waals surface area contributed by atoms with E-state index in [0.29, 0.717) is 12.2 Å². The van der Waals surface area contributed by atoms with Crippen LogP contribution in [-0.4, -0.2) is 42.3 Å². The van der Waals surface area contributed by atoms with Gasteiger partial charge in [-0.1, -0.05) is 0 Å². The molecule has 2 heterocycles. The lowest BCUT2D eigenvalue weighted by Gasteiger charge is -2.09. The summed E-state index contributed by atoms with van der Waals surface area (Å²) in [6.07, 6.45) is 7.17. The van der Waals surface area contributed by atoms with E-state index in [0.717, 1.165) is 30.9 Å². The molecule has 3 rings (SSSR count). The maximum atomic E-state index is 11.9. The summed E-state index contributed by atoms with van der Waals surface area (Å²) in [4.78, 5) is 16.1. The van der Waals surface area contributed by atoms with Crippen molar-refractivity contribution in [3.05, 3.63) is 48.8 Å². The molecule has 130 valence electrons. The highest BCUT2D eigenvalue weighted by Crippen LogP contribution is 2.11. The van der Waals surface area contributed by atoms with Crippen molar-refractivity contribution in [1.29, 1.82) is 0 Å². The number of hydrogen-bond acceptors (Lipinski definition) is 5. The van der Waals surface area contributed by atoms with Gasteiger partial charge in [0.15, 0.2) is 0 Å². The number of tetrazole rings is 1. The van der Waals surface area contributed by atoms with Crippen molar-refractivity contribution in [1.82, 2.24) is 35.1 Å². The van der Waals surface area contributed by atoms with E-state index >= 15 is 0 Å². The molecule has 0 spiro atoms. The Hall–Kier alpha value is -3.23. The van der Waals surface area contributed by atoms with E-state index in [1.807, 2.05) is 25.3 Å². The van der Waals surface area contributed by atoms with Crippen LogP contribution in [-0.2, 0) is 6.54 Å². The van der Waals surface area contributed by atoms with Gasteiger partial charge in [-0.05, 0) is 54.5 Å². The first-order valence-electron chi connectivity index (χ1n) is 8.08. The van der Waals surface area contributed by atoms with E-state index in [-0.39, 0.29) is 6.03 Å². The molecule has 2 amide bonds. The summed E-state index contributed by atoms with van der Waals surface area (Å²) < 4.78 is 3.65. The molecule has 2 N–H and O–H groups in total. The van der Waals surface area contributed by atoms with E-state index in [2.05, 4.69) is 35.7 Å². The zero-order chi connectivity index (χ0) is 17.5. The number of rotatable bonds is 7. The third-order valence-corrected chi connectivity index (χ3v) is 3.77. The van der Waals surface area contributed by atoms with Gasteiger partial charge >= 0.3 is 6.03 Å². The van der Waals surface area contributed by atoms with Gasteiger partial charge in [-0.25, -0.2) is 14.5 Å². The second kappa shape index (κ2) is 8.04. The van der Waals surface area contributed by atoms with E-state index in [1.165, 1.54) is 6.33 Å². The molecule has 0 radical (unpaired) electrons. The van der Waals surface area contributed by atoms with Gasteiger partial charge in [-0.3, -0.25) is 0 Å². The molecule has 1 aromatic carbocycles. The van der Waals surface area contributed by atoms with Crippen molar-refractivity contribution in [3.63, 3.8) is 0 Å². The molecule has 25 heavy (non-hydrogen) atoms. The first-order valence-corrected chi connectivity index (χ1v) is 8.08. The standard InChI is InChI=1S/C16H20N8O/c1-13-17-9-11-23(13)10-3-2-8-18-16(25)20-14-4-6-15(7-5-14)24-12-19-21-22-24/h4-7,9,11-12H,2-3,8,10H2,1H3,(H2,18,20,25). The zero-order valence-electron chi connectivity index (χ0n) is 14.0. The number of benzene rings is 1. The average Bonchev–Trinajstić information content (AvgIpc) is 3.27. The highest BCUT2D eigenvalue weighted by Gasteiger charge is 2.03. The van der Waals surface area contributed by atoms with Crippen LogP contribution in [0.3, 0.4) is 0 Å². The number of anilines is 1. The minimum absolute atomic E-state index is 0.214. The molecule has 9 nitrogen and oxygen atoms in total. The van der Waals surface area contributed by atoms with Gasteiger partial charge in [0.05, 0.1) is 5.69 Å². The number of carbonyl (C=O) groups is 1. The Morgan fingerprint density at radius 3 is 2.72 bits per heavy atom. The minimum Gasteiger partial charge on any atom is -0.338 e. The highest BCUT2D eigenvalue weighted by molar-refractivity contribution is 5.89. The topological polar surface area (TPSA) is 103 Å². The summed E-state index contributed by atoms with van der Waals surface area (Å²) in [7, 11) is 0. The third kappa shape index (κ3) is 4.63. The minimum atomic E-state index is -0.214. The molecule has 3 aromatic rings. The van der Waals surface area contributed by atoms with Crippen molar-refractivity contribution >= 4 is 11.7 Å². The van der Waals surface area contributed by atoms with Gasteiger partial charge in [0.25, 0.3) is 0 Å². The Morgan fingerprint density at radius 1 is 1.20 bits per heavy atom. The van der Waals surface area contributed by atoms with Gasteiger partial charge in [0.1, 0.15) is 12.2 Å². The number of aryl methyl sites for hydroxylation is 2. The molecule has 0 aliphatic rings. The summed E-state index contributed by atoms with van der Waals surface area (Å²) in [6, 6.07) is 7.06. The van der Waals surface area contributed by atoms with Crippen molar-refractivity contribution in [3.8, 4) is 5.69 Å². The Bertz CT molecular complexity index is 794. The van der Waals surface area contributed by atoms with Crippen molar-refractivity contribution < 1.29 is 4.79 Å². The number of amides is 2. The van der Waals surface area contributed by atoms with Crippen LogP contribution in [0.4, 0.5) is 10.5 Å². The number of imidazole rings is 1. The number of nitrogens with one attached hydrogen (secondary N) is 2. The molecule has 2 aromatic heterocycles. The van der Waals surface area contributed by atoms with Gasteiger partial charge in [-0.15, -0.1) is 5.10 Å². The van der Waals surface area contributed by atoms with Crippen LogP contribution in [0.1, 0.15) is 18.7 Å². The monoisotopic (exact) mass is 340 g/mol. The Balaban J connectivity index is 1.37. The van der Waals surface area contributed by atoms with Crippen LogP contribution in [0.5, 0.6) is 0 Å². The van der Waals surface area contributed by atoms with Crippen molar-refractivity contribution in [2.24, 2.45) is 0 Å². The molecule has 0 saturated carbocycles. The molecule has 0 fully saturated rings. The molecule has 0 aliphatic heterocycles. The van der Waals surface area contributed by atoms with Gasteiger partial charge in [-0.2, -0.15) is 0 Å². The third-order valence-electron chi connectivity index (χ3n) is 3.77. The second-order valence-corrected chi connectivity index (χ2v) is 5.56. The average molecular weight is 340 g/mol. The molecule has 0 saturated heterocycles. The lowest BCUT2D eigenvalue weighted by molar-refractivity contribution is 0.252. The fourth-order valence-corrected chi connectivity index (χ4v) is 2.40. The van der Waals surface area contributed by atoms with Crippen LogP contribution < -0.4 is 10.6 Å². The molecular formula is C16H20N8O. The number of nitrogens with zero attached hydrogens (tertiary/aromatic N) is 6. The van der Waals surface area contributed by atoms with E-state index < -0.39 is 0 Å². The lowest BCUT2D eigenvalue weighted by Crippen LogP contribution is -2.29. The predicted molar refractivity (Wildman–Crippen MR) is 92.4 cm³/mol. The maximum absolute atomic E-state index is 11.9. The van der Waals surface area contributed by atoms with E-state index in [1.54, 1.807) is 23.0 Å². The molecular weight excluding hydrogens is 320 g/mol. The number of unbranched alkanes of at least 4 members (excludes halogenated alkanes) is 1. The number of aromatic nitrogens is 6. The van der Waals surface area contributed by atoms with Gasteiger partial charge < -0.3 is 15.2 Å². The Kier molecular flexibility index (Phi) is 5.35. The summed E-state index contributed by atoms with van der Waals surface area (Å²) in [6.45, 7) is 3.52. The first kappa shape index (κ1) is 16.6. The molecule has 0 atom stereocenters. The smallest absolute Gasteiger partial charge is 0.319 e. The summed E-state index contributed by atoms with van der Waals surface area (Å²) in [5.74, 6) is 1.01. The fraction of sp³-hybridized carbons (Fsp3) is 0.312. The highest BCUT2D eigenvalue weighted by atomic mass is 16.2. The van der Waals surface area contributed by atoms with E-state index in [9.17, 15) is 4.79 Å². The molecule has 0 aliphatic carbocycles. The number of urea groups is 1. The van der Waals surface area contributed by atoms with Crippen molar-refractivity contribution in [2.45, 2.75) is 26.3 Å². The molecule has 9 heteroatoms. The maximum Gasteiger partial charge on any atom is 0.319 e. The first-order chi connectivity index (χ1) is 12.2. The summed E-state index contributed by atoms with van der Waals surface area (Å²) in [5.41, 5.74) is 1.54. The van der Waals surface area contributed by atoms with Crippen LogP contribution >= 0.6 is 0 Å². The van der Waals surface area contributed by atoms with E-state index in [4.69, 9.17) is 0 Å². The molecule has 0 unspecified atom stereocenters.